The van der Waals surface area contributed by atoms with Crippen molar-refractivity contribution in [1.29, 1.82) is 0 Å². The number of aromatic nitrogens is 1. The van der Waals surface area contributed by atoms with Crippen molar-refractivity contribution in [2.45, 2.75) is 18.9 Å². The monoisotopic (exact) mass is 276 g/mol. The fourth-order valence-electron chi connectivity index (χ4n) is 2.35. The number of nitrogens with zero attached hydrogens (tertiary/aromatic N) is 2. The average Bonchev–Trinajstić information content (AvgIpc) is 2.97. The van der Waals surface area contributed by atoms with E-state index in [-0.39, 0.29) is 11.0 Å². The molecule has 1 aromatic heterocycles. The Morgan fingerprint density at radius 3 is 3.11 bits per heavy atom. The smallest absolute Gasteiger partial charge is 0.345 e. The quantitative estimate of drug-likeness (QED) is 0.510. The number of thiazole rings is 1. The van der Waals surface area contributed by atoms with E-state index < -0.39 is 4.92 Å². The standard InChI is InChI=1S/C12H12N4O2S/c13-8-2-3-9-7(5-8)1-4-10(9)15-12-14-6-11(19-12)16(17)18/h2-3,5-6,10H,1,4,13H2,(H,14,15). The first-order chi connectivity index (χ1) is 9.13. The van der Waals surface area contributed by atoms with E-state index >= 15 is 0 Å². The first-order valence-electron chi connectivity index (χ1n) is 5.88. The van der Waals surface area contributed by atoms with E-state index in [0.29, 0.717) is 5.13 Å². The lowest BCUT2D eigenvalue weighted by molar-refractivity contribution is -0.380. The molecule has 98 valence electrons. The third-order valence-corrected chi connectivity index (χ3v) is 4.10. The summed E-state index contributed by atoms with van der Waals surface area (Å²) in [6.07, 6.45) is 3.20. The predicted molar refractivity (Wildman–Crippen MR) is 74.3 cm³/mol. The molecule has 1 aliphatic rings. The molecular formula is C12H12N4O2S. The molecule has 7 heteroatoms. The number of benzene rings is 1. The van der Waals surface area contributed by atoms with Crippen molar-refractivity contribution in [2.75, 3.05) is 11.1 Å². The molecule has 0 aliphatic heterocycles. The Hall–Kier alpha value is -2.15. The SMILES string of the molecule is Nc1ccc2c(c1)CCC2Nc1ncc([N+](=O)[O-])s1. The number of nitrogens with two attached hydrogens (primary N) is 1. The third-order valence-electron chi connectivity index (χ3n) is 3.22. The molecule has 0 fully saturated rings. The molecule has 6 nitrogen and oxygen atoms in total. The van der Waals surface area contributed by atoms with Gasteiger partial charge in [-0.2, -0.15) is 0 Å². The second-order valence-corrected chi connectivity index (χ2v) is 5.46. The number of nitrogen functional groups attached to an aromatic ring is 1. The van der Waals surface area contributed by atoms with Gasteiger partial charge in [0.1, 0.15) is 6.20 Å². The molecule has 0 spiro atoms. The molecule has 3 rings (SSSR count). The van der Waals surface area contributed by atoms with Gasteiger partial charge < -0.3 is 11.1 Å². The van der Waals surface area contributed by atoms with Crippen molar-refractivity contribution >= 4 is 27.2 Å². The number of fused-ring (bicyclic) bond motifs is 1. The van der Waals surface area contributed by atoms with E-state index in [0.717, 1.165) is 29.9 Å². The van der Waals surface area contributed by atoms with Gasteiger partial charge in [0, 0.05) is 5.69 Å². The fraction of sp³-hybridized carbons (Fsp3) is 0.250. The molecular weight excluding hydrogens is 264 g/mol. The number of nitro groups is 1. The number of aryl methyl sites for hydroxylation is 1. The molecule has 19 heavy (non-hydrogen) atoms. The highest BCUT2D eigenvalue weighted by atomic mass is 32.1. The van der Waals surface area contributed by atoms with E-state index in [1.54, 1.807) is 0 Å². The third kappa shape index (κ3) is 2.24. The van der Waals surface area contributed by atoms with Crippen molar-refractivity contribution in [2.24, 2.45) is 0 Å². The lowest BCUT2D eigenvalue weighted by Crippen LogP contribution is -2.06. The van der Waals surface area contributed by atoms with E-state index in [2.05, 4.69) is 10.3 Å². The van der Waals surface area contributed by atoms with Crippen LogP contribution in [0.25, 0.3) is 0 Å². The summed E-state index contributed by atoms with van der Waals surface area (Å²) in [5, 5.41) is 14.5. The lowest BCUT2D eigenvalue weighted by atomic mass is 10.1. The minimum atomic E-state index is -0.424. The van der Waals surface area contributed by atoms with E-state index in [1.165, 1.54) is 17.3 Å². The van der Waals surface area contributed by atoms with Gasteiger partial charge in [-0.25, -0.2) is 4.98 Å². The zero-order valence-corrected chi connectivity index (χ0v) is 10.8. The van der Waals surface area contributed by atoms with Gasteiger partial charge in [-0.15, -0.1) is 0 Å². The Kier molecular flexibility index (Phi) is 2.83. The predicted octanol–water partition coefficient (Wildman–Crippen LogP) is 2.73. The van der Waals surface area contributed by atoms with Gasteiger partial charge in [-0.1, -0.05) is 6.07 Å². The van der Waals surface area contributed by atoms with Gasteiger partial charge in [0.2, 0.25) is 0 Å². The highest BCUT2D eigenvalue weighted by Crippen LogP contribution is 2.36. The Labute approximate surface area is 113 Å². The molecule has 0 bridgehead atoms. The zero-order valence-electron chi connectivity index (χ0n) is 10.00. The average molecular weight is 276 g/mol. The number of rotatable bonds is 3. The molecule has 1 aliphatic carbocycles. The van der Waals surface area contributed by atoms with Crippen molar-refractivity contribution in [3.05, 3.63) is 45.6 Å². The maximum Gasteiger partial charge on any atom is 0.345 e. The topological polar surface area (TPSA) is 94.1 Å². The van der Waals surface area contributed by atoms with Crippen molar-refractivity contribution < 1.29 is 4.92 Å². The Morgan fingerprint density at radius 1 is 1.53 bits per heavy atom. The summed E-state index contributed by atoms with van der Waals surface area (Å²) in [5.74, 6) is 0. The van der Waals surface area contributed by atoms with Crippen molar-refractivity contribution in [3.63, 3.8) is 0 Å². The summed E-state index contributed by atoms with van der Waals surface area (Å²) in [6.45, 7) is 0. The van der Waals surface area contributed by atoms with Crippen LogP contribution in [0, 0.1) is 10.1 Å². The van der Waals surface area contributed by atoms with E-state index in [9.17, 15) is 10.1 Å². The highest BCUT2D eigenvalue weighted by molar-refractivity contribution is 7.18. The van der Waals surface area contributed by atoms with Gasteiger partial charge in [-0.05, 0) is 47.4 Å². The molecule has 0 amide bonds. The normalized spacial score (nSPS) is 17.2. The number of anilines is 2. The second kappa shape index (κ2) is 4.51. The van der Waals surface area contributed by atoms with Crippen LogP contribution in [0.5, 0.6) is 0 Å². The van der Waals surface area contributed by atoms with Gasteiger partial charge in [0.05, 0.1) is 11.0 Å². The molecule has 0 saturated heterocycles. The van der Waals surface area contributed by atoms with Crippen LogP contribution in [-0.2, 0) is 6.42 Å². The zero-order chi connectivity index (χ0) is 13.4. The van der Waals surface area contributed by atoms with Crippen LogP contribution in [-0.4, -0.2) is 9.91 Å². The number of hydrogen-bond donors (Lipinski definition) is 2. The summed E-state index contributed by atoms with van der Waals surface area (Å²) in [6, 6.07) is 6.03. The maximum absolute atomic E-state index is 10.6. The number of nitrogens with one attached hydrogen (secondary N) is 1. The summed E-state index contributed by atoms with van der Waals surface area (Å²) >= 11 is 1.06. The molecule has 2 aromatic rings. The van der Waals surface area contributed by atoms with Crippen LogP contribution < -0.4 is 11.1 Å². The van der Waals surface area contributed by atoms with Gasteiger partial charge >= 0.3 is 5.00 Å². The van der Waals surface area contributed by atoms with Crippen LogP contribution in [0.2, 0.25) is 0 Å². The van der Waals surface area contributed by atoms with Crippen LogP contribution in [0.1, 0.15) is 23.6 Å². The molecule has 1 heterocycles. The Bertz CT molecular complexity index is 640. The lowest BCUT2D eigenvalue weighted by Gasteiger charge is -2.12. The first kappa shape index (κ1) is 11.9. The van der Waals surface area contributed by atoms with E-state index in [1.807, 2.05) is 18.2 Å². The second-order valence-electron chi connectivity index (χ2n) is 4.45. The summed E-state index contributed by atoms with van der Waals surface area (Å²) in [4.78, 5) is 14.2. The highest BCUT2D eigenvalue weighted by Gasteiger charge is 2.24. The molecule has 3 N–H and O–H groups in total. The van der Waals surface area contributed by atoms with E-state index in [4.69, 9.17) is 5.73 Å². The molecule has 1 aromatic carbocycles. The number of hydrogen-bond acceptors (Lipinski definition) is 6. The van der Waals surface area contributed by atoms with Gasteiger partial charge in [0.15, 0.2) is 5.13 Å². The molecule has 0 saturated carbocycles. The summed E-state index contributed by atoms with van der Waals surface area (Å²) in [5.41, 5.74) is 8.97. The fourth-order valence-corrected chi connectivity index (χ4v) is 3.04. The minimum absolute atomic E-state index is 0.0537. The summed E-state index contributed by atoms with van der Waals surface area (Å²) in [7, 11) is 0. The molecule has 1 unspecified atom stereocenters. The summed E-state index contributed by atoms with van der Waals surface area (Å²) < 4.78 is 0. The molecule has 0 radical (unpaired) electrons. The Balaban J connectivity index is 1.80. The van der Waals surface area contributed by atoms with Crippen LogP contribution in [0.3, 0.4) is 0 Å². The van der Waals surface area contributed by atoms with Crippen LogP contribution >= 0.6 is 11.3 Å². The largest absolute Gasteiger partial charge is 0.399 e. The maximum atomic E-state index is 10.6. The molecule has 1 atom stereocenters. The van der Waals surface area contributed by atoms with Gasteiger partial charge in [-0.3, -0.25) is 10.1 Å². The van der Waals surface area contributed by atoms with Crippen LogP contribution in [0.15, 0.2) is 24.4 Å². The van der Waals surface area contributed by atoms with Crippen molar-refractivity contribution in [3.8, 4) is 0 Å². The van der Waals surface area contributed by atoms with Crippen molar-refractivity contribution in [1.82, 2.24) is 4.98 Å². The van der Waals surface area contributed by atoms with Crippen LogP contribution in [0.4, 0.5) is 15.8 Å². The Morgan fingerprint density at radius 2 is 2.37 bits per heavy atom. The first-order valence-corrected chi connectivity index (χ1v) is 6.70. The van der Waals surface area contributed by atoms with Gasteiger partial charge in [0.25, 0.3) is 0 Å². The minimum Gasteiger partial charge on any atom is -0.399 e.